The van der Waals surface area contributed by atoms with E-state index in [1.54, 1.807) is 0 Å². The van der Waals surface area contributed by atoms with Crippen LogP contribution in [0.3, 0.4) is 0 Å². The summed E-state index contributed by atoms with van der Waals surface area (Å²) < 4.78 is 10.9. The number of nitrogens with zero attached hydrogens (tertiary/aromatic N) is 1. The molecule has 0 aliphatic carbocycles. The van der Waals surface area contributed by atoms with Crippen molar-refractivity contribution in [3.63, 3.8) is 0 Å². The molecular formula is C14H19ClN2O2. The Morgan fingerprint density at radius 1 is 1.32 bits per heavy atom. The Morgan fingerprint density at radius 3 is 2.84 bits per heavy atom. The second-order valence-corrected chi connectivity index (χ2v) is 5.32. The number of halogens is 1. The number of fused-ring (bicyclic) bond motifs is 1. The van der Waals surface area contributed by atoms with Crippen LogP contribution in [0.4, 0.5) is 0 Å². The third-order valence-corrected chi connectivity index (χ3v) is 4.16. The number of hydrogen-bond acceptors (Lipinski definition) is 4. The Balaban J connectivity index is 1.89. The summed E-state index contributed by atoms with van der Waals surface area (Å²) >= 11 is 6.44. The van der Waals surface area contributed by atoms with E-state index < -0.39 is 0 Å². The summed E-state index contributed by atoms with van der Waals surface area (Å²) in [5.74, 6) is 1.50. The molecule has 0 unspecified atom stereocenters. The standard InChI is InChI=1S/C14H19ClN2O2/c1-2-11-10(8-17-5-3-16-4-6-17)7-12-14(13(11)15)19-9-18-12/h7,16H,2-6,8-9H2,1H3. The Kier molecular flexibility index (Phi) is 3.82. The van der Waals surface area contributed by atoms with Gasteiger partial charge in [-0.05, 0) is 23.6 Å². The van der Waals surface area contributed by atoms with E-state index >= 15 is 0 Å². The average Bonchev–Trinajstić information content (AvgIpc) is 2.89. The first-order valence-electron chi connectivity index (χ1n) is 6.82. The molecule has 104 valence electrons. The summed E-state index contributed by atoms with van der Waals surface area (Å²) in [5, 5.41) is 4.09. The van der Waals surface area contributed by atoms with Crippen LogP contribution >= 0.6 is 11.6 Å². The van der Waals surface area contributed by atoms with Gasteiger partial charge in [-0.3, -0.25) is 4.90 Å². The normalized spacial score (nSPS) is 18.8. The van der Waals surface area contributed by atoms with Crippen molar-refractivity contribution in [1.29, 1.82) is 0 Å². The Morgan fingerprint density at radius 2 is 2.11 bits per heavy atom. The maximum Gasteiger partial charge on any atom is 0.231 e. The van der Waals surface area contributed by atoms with Crippen LogP contribution in [0, 0.1) is 0 Å². The average molecular weight is 283 g/mol. The lowest BCUT2D eigenvalue weighted by Gasteiger charge is -2.28. The molecule has 3 rings (SSSR count). The second-order valence-electron chi connectivity index (χ2n) is 4.94. The quantitative estimate of drug-likeness (QED) is 0.920. The van der Waals surface area contributed by atoms with E-state index in [1.165, 1.54) is 11.1 Å². The first-order valence-corrected chi connectivity index (χ1v) is 7.20. The molecule has 1 aromatic carbocycles. The molecule has 2 heterocycles. The predicted octanol–water partition coefficient (Wildman–Crippen LogP) is 2.04. The van der Waals surface area contributed by atoms with Gasteiger partial charge < -0.3 is 14.8 Å². The zero-order valence-corrected chi connectivity index (χ0v) is 11.9. The lowest BCUT2D eigenvalue weighted by Crippen LogP contribution is -2.43. The van der Waals surface area contributed by atoms with Gasteiger partial charge in [0.15, 0.2) is 11.5 Å². The van der Waals surface area contributed by atoms with Gasteiger partial charge in [0.25, 0.3) is 0 Å². The molecule has 4 nitrogen and oxygen atoms in total. The van der Waals surface area contributed by atoms with E-state index in [9.17, 15) is 0 Å². The van der Waals surface area contributed by atoms with Crippen LogP contribution in [0.2, 0.25) is 5.02 Å². The van der Waals surface area contributed by atoms with Crippen molar-refractivity contribution in [2.75, 3.05) is 33.0 Å². The molecule has 0 radical (unpaired) electrons. The van der Waals surface area contributed by atoms with E-state index in [-0.39, 0.29) is 6.79 Å². The number of nitrogens with one attached hydrogen (secondary N) is 1. The van der Waals surface area contributed by atoms with E-state index in [2.05, 4.69) is 23.2 Å². The third kappa shape index (κ3) is 2.53. The fraction of sp³-hybridized carbons (Fsp3) is 0.571. The van der Waals surface area contributed by atoms with E-state index in [0.29, 0.717) is 5.75 Å². The van der Waals surface area contributed by atoms with Crippen LogP contribution < -0.4 is 14.8 Å². The van der Waals surface area contributed by atoms with Gasteiger partial charge in [0, 0.05) is 32.7 Å². The van der Waals surface area contributed by atoms with Crippen molar-refractivity contribution in [2.45, 2.75) is 19.9 Å². The summed E-state index contributed by atoms with van der Waals surface area (Å²) in [4.78, 5) is 2.45. The number of benzene rings is 1. The Labute approximate surface area is 118 Å². The third-order valence-electron chi connectivity index (χ3n) is 3.76. The van der Waals surface area contributed by atoms with E-state index in [0.717, 1.165) is 49.9 Å². The van der Waals surface area contributed by atoms with Crippen molar-refractivity contribution < 1.29 is 9.47 Å². The first kappa shape index (κ1) is 13.0. The second kappa shape index (κ2) is 5.57. The van der Waals surface area contributed by atoms with E-state index in [1.807, 2.05) is 0 Å². The smallest absolute Gasteiger partial charge is 0.231 e. The van der Waals surface area contributed by atoms with Crippen LogP contribution in [0.1, 0.15) is 18.1 Å². The monoisotopic (exact) mass is 282 g/mol. The molecule has 1 N–H and O–H groups in total. The van der Waals surface area contributed by atoms with Crippen LogP contribution in [0.15, 0.2) is 6.07 Å². The molecule has 1 aromatic rings. The summed E-state index contributed by atoms with van der Waals surface area (Å²) in [6, 6.07) is 2.09. The number of piperazine rings is 1. The van der Waals surface area contributed by atoms with Crippen molar-refractivity contribution in [2.24, 2.45) is 0 Å². The van der Waals surface area contributed by atoms with E-state index in [4.69, 9.17) is 21.1 Å². The zero-order valence-electron chi connectivity index (χ0n) is 11.2. The van der Waals surface area contributed by atoms with Gasteiger partial charge in [0.1, 0.15) is 0 Å². The van der Waals surface area contributed by atoms with Gasteiger partial charge in [0.05, 0.1) is 5.02 Å². The lowest BCUT2D eigenvalue weighted by molar-refractivity contribution is 0.174. The molecular weight excluding hydrogens is 264 g/mol. The maximum atomic E-state index is 6.44. The molecule has 5 heteroatoms. The number of hydrogen-bond donors (Lipinski definition) is 1. The fourth-order valence-corrected chi connectivity index (χ4v) is 3.13. The van der Waals surface area contributed by atoms with Crippen molar-refractivity contribution in [1.82, 2.24) is 10.2 Å². The molecule has 2 aliphatic rings. The highest BCUT2D eigenvalue weighted by atomic mass is 35.5. The molecule has 0 spiro atoms. The molecule has 0 amide bonds. The number of ether oxygens (including phenoxy) is 2. The highest BCUT2D eigenvalue weighted by Crippen LogP contribution is 2.43. The molecule has 0 bridgehead atoms. The number of rotatable bonds is 3. The molecule has 1 saturated heterocycles. The summed E-state index contributed by atoms with van der Waals surface area (Å²) in [7, 11) is 0. The minimum absolute atomic E-state index is 0.273. The Hall–Kier alpha value is -0.970. The maximum absolute atomic E-state index is 6.44. The predicted molar refractivity (Wildman–Crippen MR) is 75.1 cm³/mol. The van der Waals surface area contributed by atoms with Crippen LogP contribution in [0.25, 0.3) is 0 Å². The minimum Gasteiger partial charge on any atom is -0.454 e. The van der Waals surface area contributed by atoms with Gasteiger partial charge in [-0.25, -0.2) is 0 Å². The lowest BCUT2D eigenvalue weighted by atomic mass is 10.0. The fourth-order valence-electron chi connectivity index (χ4n) is 2.72. The molecule has 0 atom stereocenters. The highest BCUT2D eigenvalue weighted by Gasteiger charge is 2.23. The van der Waals surface area contributed by atoms with Gasteiger partial charge in [-0.1, -0.05) is 18.5 Å². The van der Waals surface area contributed by atoms with Gasteiger partial charge >= 0.3 is 0 Å². The van der Waals surface area contributed by atoms with Crippen LogP contribution in [-0.4, -0.2) is 37.9 Å². The van der Waals surface area contributed by atoms with Crippen LogP contribution in [0.5, 0.6) is 11.5 Å². The SMILES string of the molecule is CCc1c(CN2CCNCC2)cc2c(c1Cl)OCO2. The largest absolute Gasteiger partial charge is 0.454 e. The van der Waals surface area contributed by atoms with Crippen LogP contribution in [-0.2, 0) is 13.0 Å². The highest BCUT2D eigenvalue weighted by molar-refractivity contribution is 6.33. The van der Waals surface area contributed by atoms with Crippen molar-refractivity contribution in [3.8, 4) is 11.5 Å². The summed E-state index contributed by atoms with van der Waals surface area (Å²) in [6.45, 7) is 7.60. The first-order chi connectivity index (χ1) is 9.29. The Bertz CT molecular complexity index is 473. The molecule has 1 fully saturated rings. The summed E-state index contributed by atoms with van der Waals surface area (Å²) in [5.41, 5.74) is 2.45. The topological polar surface area (TPSA) is 33.7 Å². The zero-order chi connectivity index (χ0) is 13.2. The molecule has 2 aliphatic heterocycles. The molecule has 0 aromatic heterocycles. The molecule has 0 saturated carbocycles. The van der Waals surface area contributed by atoms with Gasteiger partial charge in [-0.2, -0.15) is 0 Å². The van der Waals surface area contributed by atoms with Crippen molar-refractivity contribution in [3.05, 3.63) is 22.2 Å². The van der Waals surface area contributed by atoms with Crippen molar-refractivity contribution >= 4 is 11.6 Å². The minimum atomic E-state index is 0.273. The van der Waals surface area contributed by atoms with Gasteiger partial charge in [0.2, 0.25) is 6.79 Å². The summed E-state index contributed by atoms with van der Waals surface area (Å²) in [6.07, 6.45) is 0.914. The van der Waals surface area contributed by atoms with Gasteiger partial charge in [-0.15, -0.1) is 0 Å². The molecule has 19 heavy (non-hydrogen) atoms.